The lowest BCUT2D eigenvalue weighted by Gasteiger charge is -2.14. The Labute approximate surface area is 120 Å². The Hall–Kier alpha value is -0.790. The third-order valence-electron chi connectivity index (χ3n) is 3.65. The average Bonchev–Trinajstić information content (AvgIpc) is 2.43. The van der Waals surface area contributed by atoms with E-state index >= 15 is 0 Å². The molecule has 2 nitrogen and oxygen atoms in total. The van der Waals surface area contributed by atoms with Gasteiger partial charge in [-0.05, 0) is 12.5 Å². The van der Waals surface area contributed by atoms with Gasteiger partial charge < -0.3 is 4.90 Å². The Balaban J connectivity index is 3.14. The standard InChI is InChI=1S/C17H33NO/c1-4-6-7-8-9-10-11-12-13-14-15-16-18(3)17(19)5-2/h5H,2,4,6-16H2,1,3H3. The molecule has 19 heavy (non-hydrogen) atoms. The van der Waals surface area contributed by atoms with Crippen LogP contribution >= 0.6 is 0 Å². The van der Waals surface area contributed by atoms with Gasteiger partial charge in [0.25, 0.3) is 0 Å². The van der Waals surface area contributed by atoms with Crippen LogP contribution in [-0.2, 0) is 4.79 Å². The van der Waals surface area contributed by atoms with Crippen molar-refractivity contribution in [1.82, 2.24) is 4.90 Å². The smallest absolute Gasteiger partial charge is 0.245 e. The van der Waals surface area contributed by atoms with Crippen LogP contribution in [0.4, 0.5) is 0 Å². The van der Waals surface area contributed by atoms with Gasteiger partial charge in [0.1, 0.15) is 0 Å². The van der Waals surface area contributed by atoms with Gasteiger partial charge in [0.2, 0.25) is 5.91 Å². The van der Waals surface area contributed by atoms with Gasteiger partial charge in [0, 0.05) is 13.6 Å². The highest BCUT2D eigenvalue weighted by atomic mass is 16.2. The third kappa shape index (κ3) is 12.0. The van der Waals surface area contributed by atoms with E-state index < -0.39 is 0 Å². The van der Waals surface area contributed by atoms with Crippen LogP contribution in [0.1, 0.15) is 77.6 Å². The van der Waals surface area contributed by atoms with Crippen molar-refractivity contribution in [2.24, 2.45) is 0 Å². The molecule has 0 aromatic heterocycles. The van der Waals surface area contributed by atoms with Gasteiger partial charge in [0.15, 0.2) is 0 Å². The largest absolute Gasteiger partial charge is 0.342 e. The van der Waals surface area contributed by atoms with Crippen LogP contribution in [-0.4, -0.2) is 24.4 Å². The number of amides is 1. The highest BCUT2D eigenvalue weighted by Gasteiger charge is 2.02. The van der Waals surface area contributed by atoms with Crippen LogP contribution in [0.3, 0.4) is 0 Å². The van der Waals surface area contributed by atoms with Gasteiger partial charge in [-0.25, -0.2) is 0 Å². The van der Waals surface area contributed by atoms with E-state index in [0.29, 0.717) is 0 Å². The first-order valence-electron chi connectivity index (χ1n) is 8.10. The summed E-state index contributed by atoms with van der Waals surface area (Å²) in [5.74, 6) is 0.0343. The van der Waals surface area contributed by atoms with Crippen LogP contribution in [0, 0.1) is 0 Å². The molecular weight excluding hydrogens is 234 g/mol. The van der Waals surface area contributed by atoms with E-state index in [4.69, 9.17) is 0 Å². The van der Waals surface area contributed by atoms with Crippen molar-refractivity contribution in [3.05, 3.63) is 12.7 Å². The molecule has 0 radical (unpaired) electrons. The molecular formula is C17H33NO. The number of nitrogens with zero attached hydrogens (tertiary/aromatic N) is 1. The molecule has 0 aliphatic heterocycles. The molecule has 0 N–H and O–H groups in total. The zero-order valence-electron chi connectivity index (χ0n) is 13.1. The molecule has 112 valence electrons. The van der Waals surface area contributed by atoms with Crippen LogP contribution in [0.2, 0.25) is 0 Å². The van der Waals surface area contributed by atoms with Gasteiger partial charge in [-0.15, -0.1) is 0 Å². The Morgan fingerprint density at radius 3 is 1.74 bits per heavy atom. The first kappa shape index (κ1) is 18.2. The SMILES string of the molecule is C=CC(=O)N(C)CCCCCCCCCCCCC. The summed E-state index contributed by atoms with van der Waals surface area (Å²) in [4.78, 5) is 13.0. The maximum absolute atomic E-state index is 11.2. The molecule has 0 aromatic rings. The van der Waals surface area contributed by atoms with E-state index in [9.17, 15) is 4.79 Å². The second-order valence-electron chi connectivity index (χ2n) is 5.50. The third-order valence-corrected chi connectivity index (χ3v) is 3.65. The summed E-state index contributed by atoms with van der Waals surface area (Å²) in [6.07, 6.45) is 16.2. The molecule has 1 amide bonds. The molecule has 0 saturated carbocycles. The van der Waals surface area contributed by atoms with Crippen molar-refractivity contribution in [2.45, 2.75) is 77.6 Å². The molecule has 0 spiro atoms. The maximum atomic E-state index is 11.2. The van der Waals surface area contributed by atoms with Crippen molar-refractivity contribution in [2.75, 3.05) is 13.6 Å². The summed E-state index contributed by atoms with van der Waals surface area (Å²) in [6.45, 7) is 6.62. The normalized spacial score (nSPS) is 10.4. The first-order valence-corrected chi connectivity index (χ1v) is 8.10. The molecule has 0 atom stereocenters. The summed E-state index contributed by atoms with van der Waals surface area (Å²) in [6, 6.07) is 0. The molecule has 0 fully saturated rings. The monoisotopic (exact) mass is 267 g/mol. The molecule has 0 unspecified atom stereocenters. The molecule has 0 heterocycles. The number of hydrogen-bond donors (Lipinski definition) is 0. The predicted molar refractivity (Wildman–Crippen MR) is 84.3 cm³/mol. The maximum Gasteiger partial charge on any atom is 0.245 e. The minimum atomic E-state index is 0.0343. The fraction of sp³-hybridized carbons (Fsp3) is 0.824. The summed E-state index contributed by atoms with van der Waals surface area (Å²) in [5, 5.41) is 0. The van der Waals surface area contributed by atoms with Gasteiger partial charge in [0.05, 0.1) is 0 Å². The quantitative estimate of drug-likeness (QED) is 0.342. The van der Waals surface area contributed by atoms with Crippen LogP contribution in [0.15, 0.2) is 12.7 Å². The fourth-order valence-corrected chi connectivity index (χ4v) is 2.28. The highest BCUT2D eigenvalue weighted by Crippen LogP contribution is 2.11. The molecule has 0 rings (SSSR count). The van der Waals surface area contributed by atoms with E-state index in [2.05, 4.69) is 13.5 Å². The lowest BCUT2D eigenvalue weighted by Crippen LogP contribution is -2.25. The highest BCUT2D eigenvalue weighted by molar-refractivity contribution is 5.86. The Morgan fingerprint density at radius 1 is 0.895 bits per heavy atom. The van der Waals surface area contributed by atoms with E-state index in [1.165, 1.54) is 70.3 Å². The Bertz CT molecular complexity index is 225. The predicted octanol–water partition coefficient (Wildman–Crippen LogP) is 4.94. The summed E-state index contributed by atoms with van der Waals surface area (Å²) in [7, 11) is 1.85. The van der Waals surface area contributed by atoms with Crippen molar-refractivity contribution in [1.29, 1.82) is 0 Å². The summed E-state index contributed by atoms with van der Waals surface area (Å²) >= 11 is 0. The van der Waals surface area contributed by atoms with Crippen molar-refractivity contribution >= 4 is 5.91 Å². The van der Waals surface area contributed by atoms with E-state index in [-0.39, 0.29) is 5.91 Å². The number of carbonyl (C=O) groups is 1. The van der Waals surface area contributed by atoms with Crippen LogP contribution < -0.4 is 0 Å². The van der Waals surface area contributed by atoms with Gasteiger partial charge in [-0.2, -0.15) is 0 Å². The number of likely N-dealkylation sites (N-methyl/N-ethyl adjacent to an activating group) is 1. The average molecular weight is 267 g/mol. The minimum Gasteiger partial charge on any atom is -0.342 e. The topological polar surface area (TPSA) is 20.3 Å². The zero-order valence-corrected chi connectivity index (χ0v) is 13.1. The molecule has 0 bridgehead atoms. The molecule has 0 aliphatic rings. The van der Waals surface area contributed by atoms with Crippen molar-refractivity contribution in [3.8, 4) is 0 Å². The van der Waals surface area contributed by atoms with E-state index in [1.807, 2.05) is 7.05 Å². The van der Waals surface area contributed by atoms with Crippen molar-refractivity contribution in [3.63, 3.8) is 0 Å². The van der Waals surface area contributed by atoms with Gasteiger partial charge >= 0.3 is 0 Å². The van der Waals surface area contributed by atoms with E-state index in [0.717, 1.165) is 13.0 Å². The minimum absolute atomic E-state index is 0.0343. The Kier molecular flexibility index (Phi) is 13.1. The molecule has 2 heteroatoms. The number of unbranched alkanes of at least 4 members (excludes halogenated alkanes) is 10. The molecule has 0 saturated heterocycles. The zero-order chi connectivity index (χ0) is 14.3. The molecule has 0 aliphatic carbocycles. The van der Waals surface area contributed by atoms with Crippen molar-refractivity contribution < 1.29 is 4.79 Å². The number of rotatable bonds is 13. The first-order chi connectivity index (χ1) is 9.22. The number of carbonyl (C=O) groups excluding carboxylic acids is 1. The number of hydrogen-bond acceptors (Lipinski definition) is 1. The lowest BCUT2D eigenvalue weighted by molar-refractivity contribution is -0.124. The summed E-state index contributed by atoms with van der Waals surface area (Å²) < 4.78 is 0. The Morgan fingerprint density at radius 2 is 1.32 bits per heavy atom. The molecule has 0 aromatic carbocycles. The van der Waals surface area contributed by atoms with Gasteiger partial charge in [-0.1, -0.05) is 77.7 Å². The van der Waals surface area contributed by atoms with Gasteiger partial charge in [-0.3, -0.25) is 4.79 Å². The van der Waals surface area contributed by atoms with Crippen LogP contribution in [0.5, 0.6) is 0 Å². The fourth-order valence-electron chi connectivity index (χ4n) is 2.28. The summed E-state index contributed by atoms with van der Waals surface area (Å²) in [5.41, 5.74) is 0. The second kappa shape index (κ2) is 13.6. The second-order valence-corrected chi connectivity index (χ2v) is 5.50. The lowest BCUT2D eigenvalue weighted by atomic mass is 10.1. The van der Waals surface area contributed by atoms with Crippen LogP contribution in [0.25, 0.3) is 0 Å². The van der Waals surface area contributed by atoms with E-state index in [1.54, 1.807) is 4.90 Å².